The number of para-hydroxylation sites is 2. The van der Waals surface area contributed by atoms with Gasteiger partial charge in [0.2, 0.25) is 5.91 Å². The quantitative estimate of drug-likeness (QED) is 0.390. The lowest BCUT2D eigenvalue weighted by molar-refractivity contribution is -0.991. The molecule has 8 heteroatoms. The Morgan fingerprint density at radius 2 is 1.81 bits per heavy atom. The molecule has 3 N–H and O–H groups in total. The number of carbonyl (C=O) groups is 3. The van der Waals surface area contributed by atoms with Crippen LogP contribution < -0.4 is 15.4 Å². The number of ketones is 2. The normalized spacial score (nSPS) is 26.2. The lowest BCUT2D eigenvalue weighted by Crippen LogP contribution is -2.99. The third-order valence-electron chi connectivity index (χ3n) is 7.63. The molecule has 6 rings (SSSR count). The van der Waals surface area contributed by atoms with E-state index in [4.69, 9.17) is 0 Å². The van der Waals surface area contributed by atoms with E-state index in [1.54, 1.807) is 12.1 Å². The molecular formula is C28H23N3O5. The molecule has 3 heterocycles. The van der Waals surface area contributed by atoms with Gasteiger partial charge >= 0.3 is 0 Å². The Bertz CT molecular complexity index is 1460. The van der Waals surface area contributed by atoms with Crippen LogP contribution in [0.5, 0.6) is 0 Å². The fourth-order valence-electron chi connectivity index (χ4n) is 6.26. The first-order valence-corrected chi connectivity index (χ1v) is 11.7. The van der Waals surface area contributed by atoms with E-state index in [1.165, 1.54) is 25.1 Å². The first-order valence-electron chi connectivity index (χ1n) is 11.7. The fraction of sp³-hybridized carbons (Fsp3) is 0.179. The van der Waals surface area contributed by atoms with E-state index in [-0.39, 0.29) is 22.9 Å². The monoisotopic (exact) mass is 481 g/mol. The molecule has 5 atom stereocenters. The highest BCUT2D eigenvalue weighted by Crippen LogP contribution is 2.57. The van der Waals surface area contributed by atoms with Crippen molar-refractivity contribution in [1.29, 1.82) is 0 Å². The standard InChI is InChI=1S/C28H23N3O5/c1-16(32)25-24(26(33)18-8-6-9-19(15-18)31(35)36)28(20-10-3-4-11-21(20)29-27(28)34)23-14-13-17-7-2-5-12-22(17)30(23)25/h2-15,23-25,31,35H,1H3,(H,29,34)/t23-,24-,25+,28+/m1/s1. The molecule has 3 aliphatic heterocycles. The van der Waals surface area contributed by atoms with Gasteiger partial charge in [0.15, 0.2) is 17.3 Å². The Labute approximate surface area is 207 Å². The van der Waals surface area contributed by atoms with Crippen molar-refractivity contribution in [3.8, 4) is 0 Å². The molecule has 1 amide bonds. The van der Waals surface area contributed by atoms with Crippen molar-refractivity contribution in [3.63, 3.8) is 0 Å². The fourth-order valence-corrected chi connectivity index (χ4v) is 6.26. The molecule has 0 aliphatic carbocycles. The Kier molecular flexibility index (Phi) is 4.94. The van der Waals surface area contributed by atoms with E-state index >= 15 is 0 Å². The molecular weight excluding hydrogens is 458 g/mol. The van der Waals surface area contributed by atoms with Gasteiger partial charge in [-0.05, 0) is 30.2 Å². The number of nitrogens with one attached hydrogen (secondary N) is 2. The SMILES string of the molecule is CC(=O)[C@H]1[C@H](C(=O)c2cccc([NH+]([O-])O)c2)[C@@]2(C(=O)Nc3ccccc32)[C@H]2C=Cc3ccccc3N12. The Hall–Kier alpha value is -4.11. The second-order valence-corrected chi connectivity index (χ2v) is 9.42. The van der Waals surface area contributed by atoms with Gasteiger partial charge in [0.25, 0.3) is 0 Å². The Morgan fingerprint density at radius 3 is 2.58 bits per heavy atom. The summed E-state index contributed by atoms with van der Waals surface area (Å²) in [5.41, 5.74) is 1.67. The summed E-state index contributed by atoms with van der Waals surface area (Å²) < 4.78 is 0. The maximum absolute atomic E-state index is 14.3. The molecule has 0 saturated carbocycles. The summed E-state index contributed by atoms with van der Waals surface area (Å²) in [6, 6.07) is 19.1. The van der Waals surface area contributed by atoms with Gasteiger partial charge in [-0.25, -0.2) is 5.21 Å². The molecule has 1 spiro atoms. The summed E-state index contributed by atoms with van der Waals surface area (Å²) in [5.74, 6) is -2.11. The van der Waals surface area contributed by atoms with Crippen LogP contribution in [0.2, 0.25) is 0 Å². The van der Waals surface area contributed by atoms with E-state index in [9.17, 15) is 24.8 Å². The number of anilines is 2. The first-order chi connectivity index (χ1) is 17.4. The van der Waals surface area contributed by atoms with Gasteiger partial charge in [0.1, 0.15) is 5.41 Å². The Morgan fingerprint density at radius 1 is 1.06 bits per heavy atom. The zero-order valence-corrected chi connectivity index (χ0v) is 19.3. The summed E-state index contributed by atoms with van der Waals surface area (Å²) in [6.07, 6.45) is 3.84. The lowest BCUT2D eigenvalue weighted by atomic mass is 9.64. The average Bonchev–Trinajstić information content (AvgIpc) is 3.37. The summed E-state index contributed by atoms with van der Waals surface area (Å²) in [5, 5.41) is 22.9. The number of Topliss-reactive ketones (excluding diaryl/α,β-unsaturated/α-hetero) is 2. The molecule has 180 valence electrons. The molecule has 1 fully saturated rings. The molecule has 3 aromatic carbocycles. The highest BCUT2D eigenvalue weighted by atomic mass is 16.8. The van der Waals surface area contributed by atoms with Crippen molar-refractivity contribution in [3.05, 3.63) is 101 Å². The maximum atomic E-state index is 14.3. The highest BCUT2D eigenvalue weighted by Gasteiger charge is 2.69. The predicted molar refractivity (Wildman–Crippen MR) is 133 cm³/mol. The third-order valence-corrected chi connectivity index (χ3v) is 7.63. The van der Waals surface area contributed by atoms with Crippen LogP contribution in [-0.2, 0) is 15.0 Å². The van der Waals surface area contributed by atoms with Crippen LogP contribution in [0.15, 0.2) is 78.9 Å². The molecule has 0 radical (unpaired) electrons. The van der Waals surface area contributed by atoms with Crippen molar-refractivity contribution in [2.24, 2.45) is 5.92 Å². The largest absolute Gasteiger partial charge is 0.595 e. The van der Waals surface area contributed by atoms with Crippen LogP contribution >= 0.6 is 0 Å². The number of hydrogen-bond donors (Lipinski definition) is 3. The van der Waals surface area contributed by atoms with Crippen molar-refractivity contribution in [2.45, 2.75) is 24.4 Å². The number of benzene rings is 3. The van der Waals surface area contributed by atoms with Crippen LogP contribution in [0.3, 0.4) is 0 Å². The predicted octanol–water partition coefficient (Wildman–Crippen LogP) is 2.65. The van der Waals surface area contributed by atoms with Crippen LogP contribution in [0, 0.1) is 11.1 Å². The van der Waals surface area contributed by atoms with Gasteiger partial charge in [0, 0.05) is 29.1 Å². The van der Waals surface area contributed by atoms with Crippen LogP contribution in [0.1, 0.15) is 28.4 Å². The van der Waals surface area contributed by atoms with E-state index < -0.39 is 34.4 Å². The summed E-state index contributed by atoms with van der Waals surface area (Å²) in [4.78, 5) is 43.6. The topological polar surface area (TPSA) is 114 Å². The highest BCUT2D eigenvalue weighted by molar-refractivity contribution is 6.16. The van der Waals surface area contributed by atoms with E-state index in [0.29, 0.717) is 11.3 Å². The zero-order valence-electron chi connectivity index (χ0n) is 19.3. The van der Waals surface area contributed by atoms with E-state index in [2.05, 4.69) is 5.32 Å². The molecule has 1 saturated heterocycles. The molecule has 3 aromatic rings. The minimum atomic E-state index is -1.38. The van der Waals surface area contributed by atoms with Gasteiger partial charge in [-0.3, -0.25) is 14.4 Å². The van der Waals surface area contributed by atoms with Crippen molar-refractivity contribution < 1.29 is 24.8 Å². The van der Waals surface area contributed by atoms with Crippen LogP contribution in [0.4, 0.5) is 17.1 Å². The second kappa shape index (κ2) is 7.96. The summed E-state index contributed by atoms with van der Waals surface area (Å²) >= 11 is 0. The third kappa shape index (κ3) is 2.89. The van der Waals surface area contributed by atoms with Crippen LogP contribution in [0.25, 0.3) is 6.08 Å². The lowest BCUT2D eigenvalue weighted by Gasteiger charge is -2.37. The van der Waals surface area contributed by atoms with Crippen molar-refractivity contribution >= 4 is 40.6 Å². The molecule has 1 unspecified atom stereocenters. The van der Waals surface area contributed by atoms with Gasteiger partial charge in [-0.2, -0.15) is 5.23 Å². The number of nitrogens with zero attached hydrogens (tertiary/aromatic N) is 1. The van der Waals surface area contributed by atoms with Gasteiger partial charge in [-0.15, -0.1) is 0 Å². The number of carbonyl (C=O) groups excluding carboxylic acids is 3. The summed E-state index contributed by atoms with van der Waals surface area (Å²) in [6.45, 7) is 1.44. The molecule has 0 aromatic heterocycles. The van der Waals surface area contributed by atoms with Gasteiger partial charge in [-0.1, -0.05) is 60.7 Å². The average molecular weight is 482 g/mol. The van der Waals surface area contributed by atoms with Crippen LogP contribution in [-0.4, -0.2) is 34.8 Å². The van der Waals surface area contributed by atoms with E-state index in [0.717, 1.165) is 11.3 Å². The minimum absolute atomic E-state index is 0.0356. The number of quaternary nitrogens is 1. The minimum Gasteiger partial charge on any atom is -0.595 e. The van der Waals surface area contributed by atoms with E-state index in [1.807, 2.05) is 59.5 Å². The number of rotatable bonds is 4. The molecule has 3 aliphatic rings. The molecule has 0 bridgehead atoms. The Balaban J connectivity index is 1.64. The zero-order chi connectivity index (χ0) is 25.2. The smallest absolute Gasteiger partial charge is 0.238 e. The molecule has 36 heavy (non-hydrogen) atoms. The maximum Gasteiger partial charge on any atom is 0.238 e. The molecule has 8 nitrogen and oxygen atoms in total. The number of hydrogen-bond acceptors (Lipinski definition) is 6. The summed E-state index contributed by atoms with van der Waals surface area (Å²) in [7, 11) is 0. The second-order valence-electron chi connectivity index (χ2n) is 9.42. The van der Waals surface area contributed by atoms with Crippen molar-refractivity contribution in [2.75, 3.05) is 10.2 Å². The number of amides is 1. The van der Waals surface area contributed by atoms with Crippen molar-refractivity contribution in [1.82, 2.24) is 0 Å². The van der Waals surface area contributed by atoms with Gasteiger partial charge < -0.3 is 15.4 Å². The van der Waals surface area contributed by atoms with Gasteiger partial charge in [0.05, 0.1) is 18.0 Å². The number of fused-ring (bicyclic) bond motifs is 6. The first kappa shape index (κ1) is 22.4.